The third-order valence-corrected chi connectivity index (χ3v) is 5.15. The van der Waals surface area contributed by atoms with Crippen LogP contribution >= 0.6 is 0 Å². The molecule has 0 aliphatic rings. The van der Waals surface area contributed by atoms with Gasteiger partial charge in [0, 0.05) is 24.5 Å². The lowest BCUT2D eigenvalue weighted by molar-refractivity contribution is -0.117. The van der Waals surface area contributed by atoms with E-state index in [0.717, 1.165) is 28.7 Å². The standard InChI is InChI=1S/C27H26N6O/c28-14-23-3-1-2-22(13-23)12-19-4-6-20(7-5-19)16-32-18-25(15-29)27(34)33-17-21-8-10-24(11-9-21)26(30)31/h1-11,13,15,18H,12,16-17,29H2,(H3,30,31)(H,33,34)/b25-15+,32-18?. The van der Waals surface area contributed by atoms with Crippen LogP contribution < -0.4 is 16.8 Å². The van der Waals surface area contributed by atoms with E-state index in [4.69, 9.17) is 22.1 Å². The first-order chi connectivity index (χ1) is 16.5. The molecule has 7 heteroatoms. The molecule has 0 aliphatic carbocycles. The highest BCUT2D eigenvalue weighted by Gasteiger charge is 2.07. The molecule has 7 nitrogen and oxygen atoms in total. The number of benzene rings is 3. The average Bonchev–Trinajstić information content (AvgIpc) is 2.86. The van der Waals surface area contributed by atoms with E-state index in [0.29, 0.717) is 24.2 Å². The monoisotopic (exact) mass is 450 g/mol. The number of hydrogen-bond acceptors (Lipinski definition) is 5. The summed E-state index contributed by atoms with van der Waals surface area (Å²) in [4.78, 5) is 16.8. The number of nitrogens with zero attached hydrogens (tertiary/aromatic N) is 2. The average molecular weight is 451 g/mol. The van der Waals surface area contributed by atoms with Gasteiger partial charge in [-0.05, 0) is 40.8 Å². The molecule has 0 saturated carbocycles. The Labute approximate surface area is 199 Å². The van der Waals surface area contributed by atoms with E-state index in [1.165, 1.54) is 12.4 Å². The molecule has 1 amide bonds. The van der Waals surface area contributed by atoms with Gasteiger partial charge in [-0.3, -0.25) is 15.2 Å². The van der Waals surface area contributed by atoms with Crippen molar-refractivity contribution < 1.29 is 4.79 Å². The second-order valence-corrected chi connectivity index (χ2v) is 7.69. The lowest BCUT2D eigenvalue weighted by Gasteiger charge is -2.07. The van der Waals surface area contributed by atoms with Crippen molar-refractivity contribution in [2.75, 3.05) is 0 Å². The van der Waals surface area contributed by atoms with Crippen molar-refractivity contribution >= 4 is 18.0 Å². The Kier molecular flexibility index (Phi) is 8.30. The van der Waals surface area contributed by atoms with Crippen LogP contribution in [0.4, 0.5) is 0 Å². The molecule has 0 aromatic heterocycles. The van der Waals surface area contributed by atoms with Crippen molar-refractivity contribution in [2.45, 2.75) is 19.5 Å². The Morgan fingerprint density at radius 3 is 2.32 bits per heavy atom. The zero-order valence-electron chi connectivity index (χ0n) is 18.7. The minimum atomic E-state index is -0.322. The summed E-state index contributed by atoms with van der Waals surface area (Å²) < 4.78 is 0. The summed E-state index contributed by atoms with van der Waals surface area (Å²) in [5.41, 5.74) is 16.7. The fourth-order valence-corrected chi connectivity index (χ4v) is 3.26. The molecule has 0 aliphatic heterocycles. The number of amides is 1. The minimum Gasteiger partial charge on any atom is -0.404 e. The van der Waals surface area contributed by atoms with E-state index < -0.39 is 0 Å². The number of nitrogens with two attached hydrogens (primary N) is 2. The Bertz CT molecular complexity index is 1250. The molecule has 0 saturated heterocycles. The van der Waals surface area contributed by atoms with E-state index in [1.807, 2.05) is 42.5 Å². The number of aliphatic imine (C=N–C) groups is 1. The second kappa shape index (κ2) is 11.8. The zero-order valence-corrected chi connectivity index (χ0v) is 18.7. The van der Waals surface area contributed by atoms with Gasteiger partial charge >= 0.3 is 0 Å². The Hall–Kier alpha value is -4.70. The quantitative estimate of drug-likeness (QED) is 0.226. The zero-order chi connectivity index (χ0) is 24.3. The predicted molar refractivity (Wildman–Crippen MR) is 134 cm³/mol. The number of nitrogen functional groups attached to an aromatic ring is 1. The first-order valence-corrected chi connectivity index (χ1v) is 10.7. The lowest BCUT2D eigenvalue weighted by Crippen LogP contribution is -2.25. The number of hydrogen-bond donors (Lipinski definition) is 4. The summed E-state index contributed by atoms with van der Waals surface area (Å²) >= 11 is 0. The van der Waals surface area contributed by atoms with Gasteiger partial charge in [-0.1, -0.05) is 60.7 Å². The lowest BCUT2D eigenvalue weighted by atomic mass is 10.0. The van der Waals surface area contributed by atoms with Crippen molar-refractivity contribution in [1.82, 2.24) is 5.32 Å². The maximum Gasteiger partial charge on any atom is 0.254 e. The fraction of sp³-hybridized carbons (Fsp3) is 0.111. The third-order valence-electron chi connectivity index (χ3n) is 5.15. The first kappa shape index (κ1) is 24.0. The molecule has 0 unspecified atom stereocenters. The van der Waals surface area contributed by atoms with Crippen molar-refractivity contribution in [2.24, 2.45) is 16.5 Å². The molecule has 0 atom stereocenters. The molecule has 0 bridgehead atoms. The van der Waals surface area contributed by atoms with Gasteiger partial charge < -0.3 is 16.8 Å². The van der Waals surface area contributed by atoms with Crippen LogP contribution in [0.1, 0.15) is 33.4 Å². The second-order valence-electron chi connectivity index (χ2n) is 7.69. The summed E-state index contributed by atoms with van der Waals surface area (Å²) in [6.45, 7) is 0.738. The number of carbonyl (C=O) groups excluding carboxylic acids is 1. The molecule has 0 spiro atoms. The van der Waals surface area contributed by atoms with Crippen LogP contribution in [0.3, 0.4) is 0 Å². The summed E-state index contributed by atoms with van der Waals surface area (Å²) in [5.74, 6) is -0.322. The van der Waals surface area contributed by atoms with Crippen LogP contribution in [0.15, 0.2) is 89.6 Å². The third kappa shape index (κ3) is 6.90. The normalized spacial score (nSPS) is 11.2. The molecular formula is C27H26N6O. The topological polar surface area (TPSA) is 141 Å². The Morgan fingerprint density at radius 1 is 1.00 bits per heavy atom. The number of carbonyl (C=O) groups is 1. The molecule has 0 fully saturated rings. The number of rotatable bonds is 9. The van der Waals surface area contributed by atoms with Gasteiger partial charge in [0.2, 0.25) is 0 Å². The van der Waals surface area contributed by atoms with Crippen LogP contribution in [0, 0.1) is 16.7 Å². The van der Waals surface area contributed by atoms with E-state index >= 15 is 0 Å². The number of nitriles is 1. The first-order valence-electron chi connectivity index (χ1n) is 10.7. The van der Waals surface area contributed by atoms with Crippen LogP contribution in [0.25, 0.3) is 0 Å². The highest BCUT2D eigenvalue weighted by Crippen LogP contribution is 2.13. The van der Waals surface area contributed by atoms with Crippen molar-refractivity contribution in [1.29, 1.82) is 10.7 Å². The Balaban J connectivity index is 1.51. The molecule has 3 aromatic carbocycles. The molecule has 34 heavy (non-hydrogen) atoms. The summed E-state index contributed by atoms with van der Waals surface area (Å²) in [6.07, 6.45) is 3.45. The van der Waals surface area contributed by atoms with Gasteiger partial charge in [0.15, 0.2) is 0 Å². The van der Waals surface area contributed by atoms with Crippen molar-refractivity contribution in [3.63, 3.8) is 0 Å². The summed E-state index contributed by atoms with van der Waals surface area (Å²) in [7, 11) is 0. The van der Waals surface area contributed by atoms with Gasteiger partial charge in [0.1, 0.15) is 5.84 Å². The van der Waals surface area contributed by atoms with Gasteiger partial charge in [-0.2, -0.15) is 5.26 Å². The van der Waals surface area contributed by atoms with Gasteiger partial charge in [0.05, 0.1) is 23.8 Å². The predicted octanol–water partition coefficient (Wildman–Crippen LogP) is 3.16. The number of nitrogens with one attached hydrogen (secondary N) is 2. The van der Waals surface area contributed by atoms with E-state index in [2.05, 4.69) is 16.4 Å². The molecular weight excluding hydrogens is 424 g/mol. The van der Waals surface area contributed by atoms with E-state index in [9.17, 15) is 4.79 Å². The SMILES string of the molecule is N#Cc1cccc(Cc2ccc(CN=C/C(=C\N)C(=O)NCc3ccc(C(=N)N)cc3)cc2)c1. The van der Waals surface area contributed by atoms with Crippen LogP contribution in [-0.2, 0) is 24.3 Å². The van der Waals surface area contributed by atoms with Gasteiger partial charge in [-0.15, -0.1) is 0 Å². The van der Waals surface area contributed by atoms with Crippen LogP contribution in [0.2, 0.25) is 0 Å². The van der Waals surface area contributed by atoms with Gasteiger partial charge in [-0.25, -0.2) is 0 Å². The molecule has 3 rings (SSSR count). The molecule has 0 heterocycles. The molecule has 3 aromatic rings. The van der Waals surface area contributed by atoms with Crippen molar-refractivity contribution in [3.05, 3.63) is 118 Å². The highest BCUT2D eigenvalue weighted by atomic mass is 16.1. The Morgan fingerprint density at radius 2 is 1.68 bits per heavy atom. The van der Waals surface area contributed by atoms with Gasteiger partial charge in [0.25, 0.3) is 5.91 Å². The van der Waals surface area contributed by atoms with Crippen LogP contribution in [0.5, 0.6) is 0 Å². The maximum absolute atomic E-state index is 12.4. The van der Waals surface area contributed by atoms with E-state index in [-0.39, 0.29) is 17.3 Å². The maximum atomic E-state index is 12.4. The highest BCUT2D eigenvalue weighted by molar-refractivity contribution is 6.12. The molecule has 0 radical (unpaired) electrons. The largest absolute Gasteiger partial charge is 0.404 e. The smallest absolute Gasteiger partial charge is 0.254 e. The summed E-state index contributed by atoms with van der Waals surface area (Å²) in [6, 6.07) is 24.9. The van der Waals surface area contributed by atoms with E-state index in [1.54, 1.807) is 30.3 Å². The molecule has 6 N–H and O–H groups in total. The van der Waals surface area contributed by atoms with Crippen LogP contribution in [-0.4, -0.2) is 18.0 Å². The number of amidine groups is 1. The van der Waals surface area contributed by atoms with Crippen molar-refractivity contribution in [3.8, 4) is 6.07 Å². The summed E-state index contributed by atoms with van der Waals surface area (Å²) in [5, 5.41) is 19.3. The fourth-order valence-electron chi connectivity index (χ4n) is 3.26. The molecule has 170 valence electrons. The minimum absolute atomic E-state index is 0.000160.